The van der Waals surface area contributed by atoms with E-state index in [-0.39, 0.29) is 6.04 Å². The Morgan fingerprint density at radius 2 is 1.85 bits per heavy atom. The third-order valence-electron chi connectivity index (χ3n) is 3.59. The first-order chi connectivity index (χ1) is 9.52. The Labute approximate surface area is 118 Å². The van der Waals surface area contributed by atoms with E-state index >= 15 is 0 Å². The van der Waals surface area contributed by atoms with Crippen molar-refractivity contribution in [1.82, 2.24) is 10.6 Å². The zero-order chi connectivity index (χ0) is 15.0. The molecule has 1 atom stereocenters. The molecule has 0 aliphatic heterocycles. The van der Waals surface area contributed by atoms with Gasteiger partial charge in [-0.05, 0) is 25.2 Å². The van der Waals surface area contributed by atoms with E-state index in [9.17, 15) is 14.4 Å². The van der Waals surface area contributed by atoms with E-state index in [1.54, 1.807) is 0 Å². The van der Waals surface area contributed by atoms with E-state index < -0.39 is 17.9 Å². The Kier molecular flexibility index (Phi) is 6.76. The van der Waals surface area contributed by atoms with Crippen LogP contribution in [0.1, 0.15) is 45.4 Å². The molecule has 1 rings (SSSR count). The van der Waals surface area contributed by atoms with Crippen LogP contribution in [0.15, 0.2) is 12.2 Å². The summed E-state index contributed by atoms with van der Waals surface area (Å²) in [5.74, 6) is -1.50. The van der Waals surface area contributed by atoms with Crippen LogP contribution in [0.3, 0.4) is 0 Å². The van der Waals surface area contributed by atoms with Gasteiger partial charge in [-0.1, -0.05) is 26.2 Å². The van der Waals surface area contributed by atoms with Gasteiger partial charge in [0.1, 0.15) is 0 Å². The fourth-order valence-electron chi connectivity index (χ4n) is 2.59. The number of imide groups is 1. The van der Waals surface area contributed by atoms with Gasteiger partial charge in [0.05, 0.1) is 0 Å². The van der Waals surface area contributed by atoms with Crippen molar-refractivity contribution >= 4 is 17.9 Å². The standard InChI is InChI=1S/C14H22N2O4/c1-2-11(10-6-4-3-5-7-10)15-14(20)16-12(17)8-9-13(18)19/h8-11H,2-7H2,1H3,(H,18,19)(H2,15,16,17,20). The average Bonchev–Trinajstić information content (AvgIpc) is 2.43. The zero-order valence-electron chi connectivity index (χ0n) is 11.7. The summed E-state index contributed by atoms with van der Waals surface area (Å²) >= 11 is 0. The fourth-order valence-corrected chi connectivity index (χ4v) is 2.59. The summed E-state index contributed by atoms with van der Waals surface area (Å²) in [6.45, 7) is 2.01. The number of carboxylic acids is 1. The van der Waals surface area contributed by atoms with Crippen LogP contribution < -0.4 is 10.6 Å². The van der Waals surface area contributed by atoms with Crippen LogP contribution in [-0.2, 0) is 9.59 Å². The highest BCUT2D eigenvalue weighted by molar-refractivity contribution is 6.02. The summed E-state index contributed by atoms with van der Waals surface area (Å²) < 4.78 is 0. The van der Waals surface area contributed by atoms with Crippen molar-refractivity contribution in [2.24, 2.45) is 5.92 Å². The molecule has 1 aliphatic rings. The minimum atomic E-state index is -1.23. The molecule has 112 valence electrons. The van der Waals surface area contributed by atoms with Crippen LogP contribution >= 0.6 is 0 Å². The summed E-state index contributed by atoms with van der Waals surface area (Å²) in [5.41, 5.74) is 0. The van der Waals surface area contributed by atoms with Gasteiger partial charge in [-0.2, -0.15) is 0 Å². The minimum Gasteiger partial charge on any atom is -0.478 e. The second kappa shape index (κ2) is 8.35. The van der Waals surface area contributed by atoms with E-state index in [2.05, 4.69) is 10.6 Å². The van der Waals surface area contributed by atoms with Crippen molar-refractivity contribution in [3.63, 3.8) is 0 Å². The lowest BCUT2D eigenvalue weighted by Gasteiger charge is -2.30. The van der Waals surface area contributed by atoms with Gasteiger partial charge in [0, 0.05) is 18.2 Å². The summed E-state index contributed by atoms with van der Waals surface area (Å²) in [4.78, 5) is 33.2. The molecular formula is C14H22N2O4. The molecule has 0 bridgehead atoms. The summed E-state index contributed by atoms with van der Waals surface area (Å²) in [6.07, 6.45) is 8.16. The first-order valence-corrected chi connectivity index (χ1v) is 7.05. The predicted molar refractivity (Wildman–Crippen MR) is 74.1 cm³/mol. The van der Waals surface area contributed by atoms with Gasteiger partial charge >= 0.3 is 12.0 Å². The van der Waals surface area contributed by atoms with Crippen LogP contribution in [0.2, 0.25) is 0 Å². The molecule has 6 nitrogen and oxygen atoms in total. The summed E-state index contributed by atoms with van der Waals surface area (Å²) in [6, 6.07) is -0.506. The average molecular weight is 282 g/mol. The van der Waals surface area contributed by atoms with E-state index in [4.69, 9.17) is 5.11 Å². The Morgan fingerprint density at radius 1 is 1.20 bits per heavy atom. The van der Waals surface area contributed by atoms with E-state index in [0.29, 0.717) is 12.0 Å². The Balaban J connectivity index is 2.42. The number of aliphatic carboxylic acids is 1. The summed E-state index contributed by atoms with van der Waals surface area (Å²) in [5, 5.41) is 13.3. The first kappa shape index (κ1) is 16.2. The van der Waals surface area contributed by atoms with Gasteiger partial charge in [-0.15, -0.1) is 0 Å². The third kappa shape index (κ3) is 5.86. The number of rotatable bonds is 5. The molecule has 0 heterocycles. The van der Waals surface area contributed by atoms with Crippen LogP contribution in [-0.4, -0.2) is 29.1 Å². The largest absolute Gasteiger partial charge is 0.478 e. The molecular weight excluding hydrogens is 260 g/mol. The maximum atomic E-state index is 11.7. The molecule has 6 heteroatoms. The molecule has 1 fully saturated rings. The van der Waals surface area contributed by atoms with Gasteiger partial charge in [0.25, 0.3) is 5.91 Å². The number of amides is 3. The predicted octanol–water partition coefficient (Wildman–Crippen LogP) is 1.81. The second-order valence-corrected chi connectivity index (χ2v) is 5.05. The van der Waals surface area contributed by atoms with Gasteiger partial charge in [-0.3, -0.25) is 10.1 Å². The van der Waals surface area contributed by atoms with E-state index in [1.807, 2.05) is 6.92 Å². The number of hydrogen-bond donors (Lipinski definition) is 3. The van der Waals surface area contributed by atoms with Crippen molar-refractivity contribution in [3.05, 3.63) is 12.2 Å². The van der Waals surface area contributed by atoms with E-state index in [1.165, 1.54) is 19.3 Å². The zero-order valence-corrected chi connectivity index (χ0v) is 11.7. The molecule has 1 aliphatic carbocycles. The number of nitrogens with one attached hydrogen (secondary N) is 2. The number of urea groups is 1. The third-order valence-corrected chi connectivity index (χ3v) is 3.59. The molecule has 0 saturated heterocycles. The van der Waals surface area contributed by atoms with Crippen molar-refractivity contribution < 1.29 is 19.5 Å². The van der Waals surface area contributed by atoms with Gasteiger partial charge in [-0.25, -0.2) is 9.59 Å². The van der Waals surface area contributed by atoms with Crippen LogP contribution in [0.5, 0.6) is 0 Å². The number of carboxylic acid groups (broad SMARTS) is 1. The maximum absolute atomic E-state index is 11.7. The normalized spacial score (nSPS) is 17.6. The van der Waals surface area contributed by atoms with Crippen molar-refractivity contribution in [2.45, 2.75) is 51.5 Å². The monoisotopic (exact) mass is 282 g/mol. The van der Waals surface area contributed by atoms with Crippen LogP contribution in [0.25, 0.3) is 0 Å². The molecule has 0 aromatic carbocycles. The van der Waals surface area contributed by atoms with Gasteiger partial charge in [0.15, 0.2) is 0 Å². The smallest absolute Gasteiger partial charge is 0.328 e. The number of carbonyl (C=O) groups is 3. The molecule has 3 amide bonds. The highest BCUT2D eigenvalue weighted by Crippen LogP contribution is 2.27. The van der Waals surface area contributed by atoms with Gasteiger partial charge in [0.2, 0.25) is 0 Å². The lowest BCUT2D eigenvalue weighted by molar-refractivity contribution is -0.131. The van der Waals surface area contributed by atoms with Crippen molar-refractivity contribution in [2.75, 3.05) is 0 Å². The molecule has 1 saturated carbocycles. The molecule has 0 spiro atoms. The highest BCUT2D eigenvalue weighted by atomic mass is 16.4. The molecule has 0 radical (unpaired) electrons. The number of hydrogen-bond acceptors (Lipinski definition) is 3. The summed E-state index contributed by atoms with van der Waals surface area (Å²) in [7, 11) is 0. The Morgan fingerprint density at radius 3 is 2.40 bits per heavy atom. The first-order valence-electron chi connectivity index (χ1n) is 7.05. The molecule has 0 aromatic rings. The molecule has 3 N–H and O–H groups in total. The number of carbonyl (C=O) groups excluding carboxylic acids is 2. The second-order valence-electron chi connectivity index (χ2n) is 5.05. The molecule has 0 aromatic heterocycles. The quantitative estimate of drug-likeness (QED) is 0.670. The van der Waals surface area contributed by atoms with Gasteiger partial charge < -0.3 is 10.4 Å². The Hall–Kier alpha value is -1.85. The Bertz CT molecular complexity index is 387. The highest BCUT2D eigenvalue weighted by Gasteiger charge is 2.23. The lowest BCUT2D eigenvalue weighted by Crippen LogP contribution is -2.47. The lowest BCUT2D eigenvalue weighted by atomic mass is 9.83. The minimum absolute atomic E-state index is 0.0616. The molecule has 20 heavy (non-hydrogen) atoms. The van der Waals surface area contributed by atoms with Crippen LogP contribution in [0, 0.1) is 5.92 Å². The maximum Gasteiger partial charge on any atom is 0.328 e. The fraction of sp³-hybridized carbons (Fsp3) is 0.643. The van der Waals surface area contributed by atoms with E-state index in [0.717, 1.165) is 25.3 Å². The molecule has 1 unspecified atom stereocenters. The van der Waals surface area contributed by atoms with Crippen molar-refractivity contribution in [1.29, 1.82) is 0 Å². The van der Waals surface area contributed by atoms with Crippen LogP contribution in [0.4, 0.5) is 4.79 Å². The SMILES string of the molecule is CCC(NC(=O)NC(=O)C=CC(=O)O)C1CCCCC1. The topological polar surface area (TPSA) is 95.5 Å². The van der Waals surface area contributed by atoms with Crippen molar-refractivity contribution in [3.8, 4) is 0 Å².